The van der Waals surface area contributed by atoms with Crippen LogP contribution in [0, 0.1) is 5.41 Å². The summed E-state index contributed by atoms with van der Waals surface area (Å²) in [6.07, 6.45) is 4.96. The number of nitrogens with zero attached hydrogens (tertiary/aromatic N) is 2. The fraction of sp³-hybridized carbons (Fsp3) is 0.688. The number of carboxylic acid groups (broad SMARTS) is 1. The summed E-state index contributed by atoms with van der Waals surface area (Å²) in [4.78, 5) is 30.3. The van der Waals surface area contributed by atoms with Crippen LogP contribution in [-0.4, -0.2) is 53.7 Å². The Morgan fingerprint density at radius 2 is 2.30 bits per heavy atom. The van der Waals surface area contributed by atoms with E-state index in [2.05, 4.69) is 4.98 Å². The topological polar surface area (TPSA) is 92.9 Å². The second-order valence-corrected chi connectivity index (χ2v) is 6.50. The zero-order valence-electron chi connectivity index (χ0n) is 13.3. The van der Waals surface area contributed by atoms with Crippen LogP contribution in [0.2, 0.25) is 0 Å². The molecule has 1 saturated heterocycles. The van der Waals surface area contributed by atoms with E-state index in [-0.39, 0.29) is 12.5 Å². The lowest BCUT2D eigenvalue weighted by Gasteiger charge is -2.39. The fourth-order valence-electron chi connectivity index (χ4n) is 3.29. The number of carbonyl (C=O) groups excluding carboxylic acids is 1. The molecule has 1 atom stereocenters. The maximum Gasteiger partial charge on any atom is 0.311 e. The van der Waals surface area contributed by atoms with Gasteiger partial charge in [0.05, 0.1) is 5.41 Å². The molecule has 1 aliphatic heterocycles. The molecule has 7 heteroatoms. The molecular formula is C16H22N2O5. The SMILES string of the molecule is COCCC1(C(=O)O)CCCN(C(=O)c2ncoc2C2CC2)C1. The first-order chi connectivity index (χ1) is 11.1. The molecule has 2 aliphatic rings. The van der Waals surface area contributed by atoms with Gasteiger partial charge in [0.2, 0.25) is 0 Å². The van der Waals surface area contributed by atoms with Crippen molar-refractivity contribution in [2.45, 2.75) is 38.0 Å². The normalized spacial score (nSPS) is 24.7. The number of likely N-dealkylation sites (tertiary alicyclic amines) is 1. The van der Waals surface area contributed by atoms with Gasteiger partial charge in [0.25, 0.3) is 5.91 Å². The van der Waals surface area contributed by atoms with Crippen LogP contribution in [0.4, 0.5) is 0 Å². The molecule has 0 spiro atoms. The van der Waals surface area contributed by atoms with Crippen LogP contribution in [0.15, 0.2) is 10.8 Å². The first kappa shape index (κ1) is 16.0. The lowest BCUT2D eigenvalue weighted by Crippen LogP contribution is -2.50. The van der Waals surface area contributed by atoms with Gasteiger partial charge in [-0.3, -0.25) is 9.59 Å². The Morgan fingerprint density at radius 3 is 2.96 bits per heavy atom. The van der Waals surface area contributed by atoms with E-state index in [1.807, 2.05) is 0 Å². The zero-order valence-corrected chi connectivity index (χ0v) is 13.3. The van der Waals surface area contributed by atoms with Crippen molar-refractivity contribution in [1.82, 2.24) is 9.88 Å². The summed E-state index contributed by atoms with van der Waals surface area (Å²) in [7, 11) is 1.55. The number of aliphatic carboxylic acids is 1. The number of ether oxygens (including phenoxy) is 1. The lowest BCUT2D eigenvalue weighted by atomic mass is 9.77. The number of oxazole rings is 1. The van der Waals surface area contributed by atoms with E-state index in [4.69, 9.17) is 9.15 Å². The number of methoxy groups -OCH3 is 1. The summed E-state index contributed by atoms with van der Waals surface area (Å²) in [5, 5.41) is 9.67. The monoisotopic (exact) mass is 322 g/mol. The molecule has 1 saturated carbocycles. The molecule has 126 valence electrons. The molecule has 1 aliphatic carbocycles. The Kier molecular flexibility index (Phi) is 4.39. The summed E-state index contributed by atoms with van der Waals surface area (Å²) >= 11 is 0. The van der Waals surface area contributed by atoms with Crippen LogP contribution < -0.4 is 0 Å². The highest BCUT2D eigenvalue weighted by Crippen LogP contribution is 2.42. The minimum absolute atomic E-state index is 0.196. The van der Waals surface area contributed by atoms with Crippen molar-refractivity contribution in [2.75, 3.05) is 26.8 Å². The van der Waals surface area contributed by atoms with Crippen LogP contribution in [0.1, 0.15) is 54.3 Å². The fourth-order valence-corrected chi connectivity index (χ4v) is 3.29. The third-order valence-corrected chi connectivity index (χ3v) is 4.85. The number of hydrogen-bond acceptors (Lipinski definition) is 5. The quantitative estimate of drug-likeness (QED) is 0.860. The Hall–Kier alpha value is -1.89. The Bertz CT molecular complexity index is 595. The minimum atomic E-state index is -0.937. The third kappa shape index (κ3) is 3.10. The lowest BCUT2D eigenvalue weighted by molar-refractivity contribution is -0.153. The first-order valence-electron chi connectivity index (χ1n) is 8.02. The molecule has 1 aromatic rings. The van der Waals surface area contributed by atoms with E-state index in [0.717, 1.165) is 12.8 Å². The predicted molar refractivity (Wildman–Crippen MR) is 80.2 cm³/mol. The van der Waals surface area contributed by atoms with E-state index < -0.39 is 11.4 Å². The molecule has 23 heavy (non-hydrogen) atoms. The highest BCUT2D eigenvalue weighted by Gasteiger charge is 2.44. The second-order valence-electron chi connectivity index (χ2n) is 6.50. The number of piperidine rings is 1. The van der Waals surface area contributed by atoms with Crippen molar-refractivity contribution in [3.05, 3.63) is 17.8 Å². The van der Waals surface area contributed by atoms with E-state index >= 15 is 0 Å². The molecule has 1 aromatic heterocycles. The number of amides is 1. The van der Waals surface area contributed by atoms with Gasteiger partial charge in [-0.1, -0.05) is 0 Å². The smallest absolute Gasteiger partial charge is 0.311 e. The maximum absolute atomic E-state index is 12.8. The maximum atomic E-state index is 12.8. The van der Waals surface area contributed by atoms with E-state index in [0.29, 0.717) is 49.8 Å². The Labute approximate surface area is 134 Å². The van der Waals surface area contributed by atoms with Crippen molar-refractivity contribution >= 4 is 11.9 Å². The van der Waals surface area contributed by atoms with Gasteiger partial charge < -0.3 is 19.2 Å². The van der Waals surface area contributed by atoms with Crippen molar-refractivity contribution in [1.29, 1.82) is 0 Å². The average Bonchev–Trinajstić information content (AvgIpc) is 3.29. The van der Waals surface area contributed by atoms with Gasteiger partial charge in [0.15, 0.2) is 12.1 Å². The van der Waals surface area contributed by atoms with Gasteiger partial charge >= 0.3 is 5.97 Å². The largest absolute Gasteiger partial charge is 0.481 e. The molecular weight excluding hydrogens is 300 g/mol. The van der Waals surface area contributed by atoms with Crippen molar-refractivity contribution < 1.29 is 23.8 Å². The zero-order chi connectivity index (χ0) is 16.4. The van der Waals surface area contributed by atoms with Crippen molar-refractivity contribution in [2.24, 2.45) is 5.41 Å². The Balaban J connectivity index is 1.77. The number of carbonyl (C=O) groups is 2. The van der Waals surface area contributed by atoms with Crippen LogP contribution in [0.5, 0.6) is 0 Å². The number of aromatic nitrogens is 1. The molecule has 0 aromatic carbocycles. The van der Waals surface area contributed by atoms with Gasteiger partial charge in [-0.2, -0.15) is 0 Å². The number of rotatable bonds is 6. The van der Waals surface area contributed by atoms with Crippen LogP contribution in [0.3, 0.4) is 0 Å². The molecule has 2 heterocycles. The van der Waals surface area contributed by atoms with E-state index in [9.17, 15) is 14.7 Å². The van der Waals surface area contributed by atoms with Gasteiger partial charge in [0, 0.05) is 32.7 Å². The number of carboxylic acids is 1. The van der Waals surface area contributed by atoms with Crippen LogP contribution in [-0.2, 0) is 9.53 Å². The Morgan fingerprint density at radius 1 is 1.52 bits per heavy atom. The van der Waals surface area contributed by atoms with Gasteiger partial charge in [-0.25, -0.2) is 4.98 Å². The molecule has 2 fully saturated rings. The first-order valence-corrected chi connectivity index (χ1v) is 8.02. The average molecular weight is 322 g/mol. The molecule has 1 unspecified atom stereocenters. The third-order valence-electron chi connectivity index (χ3n) is 4.85. The molecule has 0 radical (unpaired) electrons. The molecule has 7 nitrogen and oxygen atoms in total. The summed E-state index contributed by atoms with van der Waals surface area (Å²) in [5.41, 5.74) is -0.589. The second kappa shape index (κ2) is 6.31. The van der Waals surface area contributed by atoms with Crippen molar-refractivity contribution in [3.63, 3.8) is 0 Å². The number of hydrogen-bond donors (Lipinski definition) is 1. The van der Waals surface area contributed by atoms with Crippen LogP contribution in [0.25, 0.3) is 0 Å². The minimum Gasteiger partial charge on any atom is -0.481 e. The summed E-state index contributed by atoms with van der Waals surface area (Å²) in [6, 6.07) is 0. The molecule has 3 rings (SSSR count). The van der Waals surface area contributed by atoms with Gasteiger partial charge in [-0.05, 0) is 32.1 Å². The molecule has 1 N–H and O–H groups in total. The van der Waals surface area contributed by atoms with Gasteiger partial charge in [-0.15, -0.1) is 0 Å². The molecule has 0 bridgehead atoms. The van der Waals surface area contributed by atoms with Gasteiger partial charge in [0.1, 0.15) is 5.76 Å². The summed E-state index contributed by atoms with van der Waals surface area (Å²) in [5.74, 6) is -0.143. The summed E-state index contributed by atoms with van der Waals surface area (Å²) in [6.45, 7) is 1.12. The highest BCUT2D eigenvalue weighted by atomic mass is 16.5. The van der Waals surface area contributed by atoms with E-state index in [1.54, 1.807) is 12.0 Å². The predicted octanol–water partition coefficient (Wildman–Crippen LogP) is 1.90. The summed E-state index contributed by atoms with van der Waals surface area (Å²) < 4.78 is 10.4. The molecule has 1 amide bonds. The highest BCUT2D eigenvalue weighted by molar-refractivity contribution is 5.94. The standard InChI is InChI=1S/C16H22N2O5/c1-22-8-6-16(15(20)21)5-2-7-18(9-16)14(19)12-13(11-3-4-11)23-10-17-12/h10-11H,2-9H2,1H3,(H,20,21). The van der Waals surface area contributed by atoms with E-state index in [1.165, 1.54) is 6.39 Å². The van der Waals surface area contributed by atoms with Crippen LogP contribution >= 0.6 is 0 Å². The van der Waals surface area contributed by atoms with Crippen molar-refractivity contribution in [3.8, 4) is 0 Å².